The predicted molar refractivity (Wildman–Crippen MR) is 99.6 cm³/mol. The predicted octanol–water partition coefficient (Wildman–Crippen LogP) is 4.13. The van der Waals surface area contributed by atoms with Crippen LogP contribution in [0.15, 0.2) is 47.1 Å². The molecular formula is C18H19BrN4. The van der Waals surface area contributed by atoms with E-state index in [1.165, 1.54) is 5.56 Å². The number of anilines is 1. The van der Waals surface area contributed by atoms with Crippen LogP contribution in [0.4, 0.5) is 5.82 Å². The van der Waals surface area contributed by atoms with Gasteiger partial charge in [0.2, 0.25) is 0 Å². The fourth-order valence-corrected chi connectivity index (χ4v) is 2.74. The van der Waals surface area contributed by atoms with Gasteiger partial charge in [0.1, 0.15) is 5.82 Å². The van der Waals surface area contributed by atoms with Gasteiger partial charge >= 0.3 is 0 Å². The second kappa shape index (κ2) is 7.06. The number of nitrogens with one attached hydrogen (secondary N) is 1. The van der Waals surface area contributed by atoms with Gasteiger partial charge in [0.25, 0.3) is 0 Å². The number of rotatable bonds is 5. The van der Waals surface area contributed by atoms with Crippen LogP contribution in [0.3, 0.4) is 0 Å². The Morgan fingerprint density at radius 1 is 1.17 bits per heavy atom. The van der Waals surface area contributed by atoms with Crippen molar-refractivity contribution >= 4 is 32.7 Å². The number of hydrogen-bond donors (Lipinski definition) is 2. The Labute approximate surface area is 144 Å². The molecule has 4 nitrogen and oxygen atoms in total. The molecule has 3 N–H and O–H groups in total. The SMILES string of the molecule is Cc1ccc(-c2cc3ncc(Br)cc3c(NCCCN)n2)cc1. The maximum absolute atomic E-state index is 5.58. The van der Waals surface area contributed by atoms with Gasteiger partial charge in [-0.3, -0.25) is 4.98 Å². The van der Waals surface area contributed by atoms with Crippen molar-refractivity contribution in [1.82, 2.24) is 9.97 Å². The summed E-state index contributed by atoms with van der Waals surface area (Å²) < 4.78 is 0.941. The summed E-state index contributed by atoms with van der Waals surface area (Å²) in [4.78, 5) is 9.32. The molecule has 5 heteroatoms. The molecule has 0 radical (unpaired) electrons. The zero-order chi connectivity index (χ0) is 16.2. The number of benzene rings is 1. The highest BCUT2D eigenvalue weighted by atomic mass is 79.9. The Morgan fingerprint density at radius 3 is 2.70 bits per heavy atom. The zero-order valence-electron chi connectivity index (χ0n) is 13.0. The van der Waals surface area contributed by atoms with E-state index >= 15 is 0 Å². The highest BCUT2D eigenvalue weighted by Gasteiger charge is 2.09. The van der Waals surface area contributed by atoms with E-state index in [1.807, 2.05) is 18.3 Å². The minimum Gasteiger partial charge on any atom is -0.369 e. The summed E-state index contributed by atoms with van der Waals surface area (Å²) in [6.45, 7) is 3.53. The largest absolute Gasteiger partial charge is 0.369 e. The first-order valence-corrected chi connectivity index (χ1v) is 8.44. The number of halogens is 1. The van der Waals surface area contributed by atoms with Gasteiger partial charge in [0.15, 0.2) is 0 Å². The molecule has 3 rings (SSSR count). The second-order valence-electron chi connectivity index (χ2n) is 5.51. The Kier molecular flexibility index (Phi) is 4.88. The van der Waals surface area contributed by atoms with Crippen LogP contribution < -0.4 is 11.1 Å². The molecule has 0 bridgehead atoms. The van der Waals surface area contributed by atoms with Gasteiger partial charge in [-0.2, -0.15) is 0 Å². The Balaban J connectivity index is 2.08. The van der Waals surface area contributed by atoms with Crippen molar-refractivity contribution in [2.24, 2.45) is 5.73 Å². The molecule has 0 spiro atoms. The summed E-state index contributed by atoms with van der Waals surface area (Å²) in [6, 6.07) is 12.4. The topological polar surface area (TPSA) is 63.8 Å². The third-order valence-corrected chi connectivity index (χ3v) is 4.10. The van der Waals surface area contributed by atoms with Crippen molar-refractivity contribution in [3.8, 4) is 11.3 Å². The fourth-order valence-electron chi connectivity index (χ4n) is 2.41. The van der Waals surface area contributed by atoms with Gasteiger partial charge in [0, 0.05) is 28.2 Å². The molecule has 1 aromatic carbocycles. The van der Waals surface area contributed by atoms with E-state index in [2.05, 4.69) is 57.4 Å². The lowest BCUT2D eigenvalue weighted by Crippen LogP contribution is -2.10. The average molecular weight is 371 g/mol. The number of hydrogen-bond acceptors (Lipinski definition) is 4. The molecule has 0 saturated heterocycles. The lowest BCUT2D eigenvalue weighted by atomic mass is 10.1. The highest BCUT2D eigenvalue weighted by Crippen LogP contribution is 2.28. The van der Waals surface area contributed by atoms with Crippen LogP contribution in [0.2, 0.25) is 0 Å². The molecule has 0 amide bonds. The van der Waals surface area contributed by atoms with Crippen molar-refractivity contribution in [1.29, 1.82) is 0 Å². The van der Waals surface area contributed by atoms with Crippen molar-refractivity contribution in [2.75, 3.05) is 18.4 Å². The van der Waals surface area contributed by atoms with E-state index in [1.54, 1.807) is 0 Å². The second-order valence-corrected chi connectivity index (χ2v) is 6.43. The molecule has 118 valence electrons. The summed E-state index contributed by atoms with van der Waals surface area (Å²) >= 11 is 3.48. The monoisotopic (exact) mass is 370 g/mol. The fraction of sp³-hybridized carbons (Fsp3) is 0.222. The van der Waals surface area contributed by atoms with Crippen molar-refractivity contribution in [2.45, 2.75) is 13.3 Å². The third kappa shape index (κ3) is 3.68. The van der Waals surface area contributed by atoms with Gasteiger partial charge in [-0.25, -0.2) is 4.98 Å². The summed E-state index contributed by atoms with van der Waals surface area (Å²) in [7, 11) is 0. The van der Waals surface area contributed by atoms with Gasteiger partial charge in [-0.15, -0.1) is 0 Å². The van der Waals surface area contributed by atoms with Crippen LogP contribution in [-0.2, 0) is 0 Å². The van der Waals surface area contributed by atoms with Crippen molar-refractivity contribution < 1.29 is 0 Å². The van der Waals surface area contributed by atoms with E-state index in [0.29, 0.717) is 6.54 Å². The molecular weight excluding hydrogens is 352 g/mol. The summed E-state index contributed by atoms with van der Waals surface area (Å²) in [5.74, 6) is 0.848. The van der Waals surface area contributed by atoms with Crippen LogP contribution in [-0.4, -0.2) is 23.1 Å². The van der Waals surface area contributed by atoms with Gasteiger partial charge in [-0.1, -0.05) is 29.8 Å². The molecule has 0 aliphatic rings. The number of aryl methyl sites for hydroxylation is 1. The molecule has 0 fully saturated rings. The average Bonchev–Trinajstić information content (AvgIpc) is 2.56. The van der Waals surface area contributed by atoms with Crippen LogP contribution >= 0.6 is 15.9 Å². The maximum Gasteiger partial charge on any atom is 0.136 e. The minimum atomic E-state index is 0.657. The van der Waals surface area contributed by atoms with E-state index in [4.69, 9.17) is 10.7 Å². The number of nitrogens with zero attached hydrogens (tertiary/aromatic N) is 2. The molecule has 0 aliphatic heterocycles. The molecule has 0 saturated carbocycles. The van der Waals surface area contributed by atoms with E-state index in [-0.39, 0.29) is 0 Å². The first kappa shape index (κ1) is 15.9. The Bertz CT molecular complexity index is 815. The summed E-state index contributed by atoms with van der Waals surface area (Å²) in [5.41, 5.74) is 9.75. The number of aromatic nitrogens is 2. The first-order chi connectivity index (χ1) is 11.2. The zero-order valence-corrected chi connectivity index (χ0v) is 14.6. The highest BCUT2D eigenvalue weighted by molar-refractivity contribution is 9.10. The molecule has 3 aromatic rings. The Morgan fingerprint density at radius 2 is 1.96 bits per heavy atom. The third-order valence-electron chi connectivity index (χ3n) is 3.67. The van der Waals surface area contributed by atoms with Crippen LogP contribution in [0.25, 0.3) is 22.2 Å². The molecule has 2 aromatic heterocycles. The summed E-state index contributed by atoms with van der Waals surface area (Å²) in [6.07, 6.45) is 2.71. The van der Waals surface area contributed by atoms with Gasteiger partial charge in [0.05, 0.1) is 11.2 Å². The lowest BCUT2D eigenvalue weighted by molar-refractivity contribution is 0.871. The molecule has 0 aliphatic carbocycles. The van der Waals surface area contributed by atoms with Crippen molar-refractivity contribution in [3.63, 3.8) is 0 Å². The quantitative estimate of drug-likeness (QED) is 0.662. The standard InChI is InChI=1S/C18H19BrN4/c1-12-3-5-13(6-4-12)16-10-17-15(9-14(19)11-22-17)18(23-16)21-8-2-7-20/h3-6,9-11H,2,7-8,20H2,1H3,(H,21,23). The smallest absolute Gasteiger partial charge is 0.136 e. The molecule has 23 heavy (non-hydrogen) atoms. The lowest BCUT2D eigenvalue weighted by Gasteiger charge is -2.11. The van der Waals surface area contributed by atoms with Gasteiger partial charge < -0.3 is 11.1 Å². The molecule has 0 atom stereocenters. The minimum absolute atomic E-state index is 0.657. The van der Waals surface area contributed by atoms with Crippen molar-refractivity contribution in [3.05, 3.63) is 52.6 Å². The van der Waals surface area contributed by atoms with E-state index in [9.17, 15) is 0 Å². The van der Waals surface area contributed by atoms with Crippen LogP contribution in [0, 0.1) is 6.92 Å². The summed E-state index contributed by atoms with van der Waals surface area (Å²) in [5, 5.41) is 4.39. The normalized spacial score (nSPS) is 10.9. The number of nitrogens with two attached hydrogens (primary N) is 1. The number of fused-ring (bicyclic) bond motifs is 1. The van der Waals surface area contributed by atoms with E-state index in [0.717, 1.165) is 45.4 Å². The Hall–Kier alpha value is -1.98. The molecule has 2 heterocycles. The maximum atomic E-state index is 5.58. The molecule has 0 unspecified atom stereocenters. The van der Waals surface area contributed by atoms with Gasteiger partial charge in [-0.05, 0) is 48.0 Å². The first-order valence-electron chi connectivity index (χ1n) is 7.64. The number of pyridine rings is 2. The van der Waals surface area contributed by atoms with Crippen LogP contribution in [0.5, 0.6) is 0 Å². The van der Waals surface area contributed by atoms with E-state index < -0.39 is 0 Å². The van der Waals surface area contributed by atoms with Crippen LogP contribution in [0.1, 0.15) is 12.0 Å².